The molecule has 0 atom stereocenters. The SMILES string of the molecule is CCc1cc(N2CCC(C)(C(=O)O)CC2)nc(C)n1. The molecule has 0 bridgehead atoms. The highest BCUT2D eigenvalue weighted by atomic mass is 16.4. The number of rotatable bonds is 3. The van der Waals surface area contributed by atoms with Gasteiger partial charge in [0.15, 0.2) is 0 Å². The number of carboxylic acid groups (broad SMARTS) is 1. The lowest BCUT2D eigenvalue weighted by molar-refractivity contribution is -0.149. The average Bonchev–Trinajstić information content (AvgIpc) is 2.38. The Morgan fingerprint density at radius 3 is 2.58 bits per heavy atom. The fourth-order valence-corrected chi connectivity index (χ4v) is 2.40. The van der Waals surface area contributed by atoms with Crippen molar-refractivity contribution in [3.63, 3.8) is 0 Å². The Morgan fingerprint density at radius 2 is 2.05 bits per heavy atom. The van der Waals surface area contributed by atoms with Gasteiger partial charge in [0.05, 0.1) is 5.41 Å². The summed E-state index contributed by atoms with van der Waals surface area (Å²) in [7, 11) is 0. The summed E-state index contributed by atoms with van der Waals surface area (Å²) < 4.78 is 0. The lowest BCUT2D eigenvalue weighted by atomic mass is 9.80. The summed E-state index contributed by atoms with van der Waals surface area (Å²) in [6.45, 7) is 7.28. The summed E-state index contributed by atoms with van der Waals surface area (Å²) in [5.41, 5.74) is 0.445. The van der Waals surface area contributed by atoms with E-state index in [2.05, 4.69) is 21.8 Å². The Hall–Kier alpha value is -1.65. The Kier molecular flexibility index (Phi) is 3.73. The topological polar surface area (TPSA) is 66.3 Å². The maximum Gasteiger partial charge on any atom is 0.309 e. The largest absolute Gasteiger partial charge is 0.481 e. The second-order valence-corrected chi connectivity index (χ2v) is 5.47. The van der Waals surface area contributed by atoms with Crippen LogP contribution in [-0.4, -0.2) is 34.1 Å². The van der Waals surface area contributed by atoms with Crippen LogP contribution < -0.4 is 4.90 Å². The molecule has 0 saturated carbocycles. The van der Waals surface area contributed by atoms with Gasteiger partial charge < -0.3 is 10.0 Å². The predicted octanol–water partition coefficient (Wildman–Crippen LogP) is 2.04. The summed E-state index contributed by atoms with van der Waals surface area (Å²) in [5.74, 6) is 1.01. The van der Waals surface area contributed by atoms with Crippen molar-refractivity contribution in [2.75, 3.05) is 18.0 Å². The van der Waals surface area contributed by atoms with Crippen molar-refractivity contribution >= 4 is 11.8 Å². The molecule has 0 aliphatic carbocycles. The minimum Gasteiger partial charge on any atom is -0.481 e. The van der Waals surface area contributed by atoms with Crippen LogP contribution >= 0.6 is 0 Å². The van der Waals surface area contributed by atoms with Crippen LogP contribution in [0.5, 0.6) is 0 Å². The second kappa shape index (κ2) is 5.15. The summed E-state index contributed by atoms with van der Waals surface area (Å²) in [4.78, 5) is 22.2. The monoisotopic (exact) mass is 263 g/mol. The van der Waals surface area contributed by atoms with E-state index in [0.29, 0.717) is 12.8 Å². The van der Waals surface area contributed by atoms with E-state index >= 15 is 0 Å². The first-order chi connectivity index (χ1) is 8.94. The molecular weight excluding hydrogens is 242 g/mol. The molecule has 0 radical (unpaired) electrons. The summed E-state index contributed by atoms with van der Waals surface area (Å²) in [6.07, 6.45) is 2.21. The molecule has 0 unspecified atom stereocenters. The third-order valence-electron chi connectivity index (χ3n) is 3.95. The minimum absolute atomic E-state index is 0.591. The number of aryl methyl sites for hydroxylation is 2. The Morgan fingerprint density at radius 1 is 1.42 bits per heavy atom. The third-order valence-corrected chi connectivity index (χ3v) is 3.95. The van der Waals surface area contributed by atoms with E-state index in [0.717, 1.165) is 36.8 Å². The maximum atomic E-state index is 11.2. The molecule has 104 valence electrons. The summed E-state index contributed by atoms with van der Waals surface area (Å²) in [6, 6.07) is 2.01. The van der Waals surface area contributed by atoms with Crippen LogP contribution in [0.3, 0.4) is 0 Å². The molecule has 0 aromatic carbocycles. The Bertz CT molecular complexity index is 480. The number of aliphatic carboxylic acids is 1. The highest BCUT2D eigenvalue weighted by Crippen LogP contribution is 2.32. The molecule has 1 fully saturated rings. The molecule has 0 amide bonds. The number of carboxylic acids is 1. The van der Waals surface area contributed by atoms with Crippen LogP contribution in [0.25, 0.3) is 0 Å². The fraction of sp³-hybridized carbons (Fsp3) is 0.643. The third kappa shape index (κ3) is 2.85. The molecular formula is C14H21N3O2. The van der Waals surface area contributed by atoms with E-state index in [-0.39, 0.29) is 0 Å². The van der Waals surface area contributed by atoms with Crippen molar-refractivity contribution < 1.29 is 9.90 Å². The molecule has 1 N–H and O–H groups in total. The van der Waals surface area contributed by atoms with Crippen molar-refractivity contribution in [2.24, 2.45) is 5.41 Å². The molecule has 1 saturated heterocycles. The van der Waals surface area contributed by atoms with Gasteiger partial charge in [-0.25, -0.2) is 9.97 Å². The van der Waals surface area contributed by atoms with Crippen molar-refractivity contribution in [1.29, 1.82) is 0 Å². The van der Waals surface area contributed by atoms with Crippen molar-refractivity contribution in [2.45, 2.75) is 40.0 Å². The molecule has 19 heavy (non-hydrogen) atoms. The summed E-state index contributed by atoms with van der Waals surface area (Å²) >= 11 is 0. The number of hydrogen-bond acceptors (Lipinski definition) is 4. The lowest BCUT2D eigenvalue weighted by Gasteiger charge is -2.37. The van der Waals surface area contributed by atoms with E-state index in [1.165, 1.54) is 0 Å². The van der Waals surface area contributed by atoms with Crippen molar-refractivity contribution in [1.82, 2.24) is 9.97 Å². The molecule has 2 rings (SSSR count). The number of carbonyl (C=O) groups is 1. The van der Waals surface area contributed by atoms with Gasteiger partial charge in [0.2, 0.25) is 0 Å². The van der Waals surface area contributed by atoms with Crippen LogP contribution in [0.2, 0.25) is 0 Å². The number of anilines is 1. The van der Waals surface area contributed by atoms with Crippen molar-refractivity contribution in [3.05, 3.63) is 17.6 Å². The number of nitrogens with zero attached hydrogens (tertiary/aromatic N) is 3. The zero-order valence-corrected chi connectivity index (χ0v) is 11.8. The first-order valence-electron chi connectivity index (χ1n) is 6.77. The van der Waals surface area contributed by atoms with Gasteiger partial charge in [-0.2, -0.15) is 0 Å². The van der Waals surface area contributed by atoms with E-state index in [1.54, 1.807) is 0 Å². The first-order valence-corrected chi connectivity index (χ1v) is 6.77. The van der Waals surface area contributed by atoms with Gasteiger partial charge in [-0.05, 0) is 33.1 Å². The van der Waals surface area contributed by atoms with Gasteiger partial charge in [0.25, 0.3) is 0 Å². The highest BCUT2D eigenvalue weighted by Gasteiger charge is 2.37. The van der Waals surface area contributed by atoms with Gasteiger partial charge in [-0.15, -0.1) is 0 Å². The van der Waals surface area contributed by atoms with E-state index < -0.39 is 11.4 Å². The van der Waals surface area contributed by atoms with Crippen LogP contribution in [0.1, 0.15) is 38.2 Å². The summed E-state index contributed by atoms with van der Waals surface area (Å²) in [5, 5.41) is 9.24. The molecule has 1 aromatic rings. The van der Waals surface area contributed by atoms with Gasteiger partial charge in [0.1, 0.15) is 11.6 Å². The van der Waals surface area contributed by atoms with Crippen LogP contribution in [0, 0.1) is 12.3 Å². The molecule has 1 aliphatic rings. The molecule has 1 aliphatic heterocycles. The number of hydrogen-bond donors (Lipinski definition) is 1. The predicted molar refractivity (Wildman–Crippen MR) is 73.3 cm³/mol. The fourth-order valence-electron chi connectivity index (χ4n) is 2.40. The van der Waals surface area contributed by atoms with E-state index in [9.17, 15) is 9.90 Å². The zero-order chi connectivity index (χ0) is 14.0. The van der Waals surface area contributed by atoms with Gasteiger partial charge in [0, 0.05) is 24.8 Å². The average molecular weight is 263 g/mol. The van der Waals surface area contributed by atoms with Crippen LogP contribution in [0.15, 0.2) is 6.07 Å². The standard InChI is InChI=1S/C14H21N3O2/c1-4-11-9-12(16-10(2)15-11)17-7-5-14(3,6-8-17)13(18)19/h9H,4-8H2,1-3H3,(H,18,19). The number of piperidine rings is 1. The Balaban J connectivity index is 2.13. The number of aromatic nitrogens is 2. The lowest BCUT2D eigenvalue weighted by Crippen LogP contribution is -2.43. The minimum atomic E-state index is -0.694. The smallest absolute Gasteiger partial charge is 0.309 e. The Labute approximate surface area is 113 Å². The zero-order valence-electron chi connectivity index (χ0n) is 11.8. The second-order valence-electron chi connectivity index (χ2n) is 5.47. The first kappa shape index (κ1) is 13.8. The van der Waals surface area contributed by atoms with E-state index in [4.69, 9.17) is 0 Å². The quantitative estimate of drug-likeness (QED) is 0.904. The van der Waals surface area contributed by atoms with Gasteiger partial charge in [-0.3, -0.25) is 4.79 Å². The van der Waals surface area contributed by atoms with Crippen LogP contribution in [-0.2, 0) is 11.2 Å². The van der Waals surface area contributed by atoms with E-state index in [1.807, 2.05) is 19.9 Å². The molecule has 5 heteroatoms. The normalized spacial score (nSPS) is 18.4. The van der Waals surface area contributed by atoms with Gasteiger partial charge in [-0.1, -0.05) is 6.92 Å². The maximum absolute atomic E-state index is 11.2. The molecule has 5 nitrogen and oxygen atoms in total. The highest BCUT2D eigenvalue weighted by molar-refractivity contribution is 5.74. The van der Waals surface area contributed by atoms with Crippen LogP contribution in [0.4, 0.5) is 5.82 Å². The molecule has 1 aromatic heterocycles. The molecule has 0 spiro atoms. The molecule has 2 heterocycles. The van der Waals surface area contributed by atoms with Crippen molar-refractivity contribution in [3.8, 4) is 0 Å². The van der Waals surface area contributed by atoms with Gasteiger partial charge >= 0.3 is 5.97 Å².